The molecule has 154 valence electrons. The van der Waals surface area contributed by atoms with Crippen LogP contribution in [0.15, 0.2) is 71.5 Å². The van der Waals surface area contributed by atoms with Crippen LogP contribution in [0.25, 0.3) is 27.0 Å². The molecule has 5 rings (SSSR count). The third kappa shape index (κ3) is 3.20. The lowest BCUT2D eigenvalue weighted by molar-refractivity contribution is 0.599. The minimum atomic E-state index is -0.521. The lowest BCUT2D eigenvalue weighted by Gasteiger charge is -2.15. The first-order valence-corrected chi connectivity index (χ1v) is 10.9. The van der Waals surface area contributed by atoms with Crippen molar-refractivity contribution < 1.29 is 8.78 Å². The molecule has 8 heteroatoms. The Hall–Kier alpha value is -2.87. The second-order valence-electron chi connectivity index (χ2n) is 6.94. The third-order valence-corrected chi connectivity index (χ3v) is 6.91. The molecule has 0 fully saturated rings. The fourth-order valence-electron chi connectivity index (χ4n) is 3.72. The summed E-state index contributed by atoms with van der Waals surface area (Å²) in [4.78, 5) is 14.0. The van der Waals surface area contributed by atoms with Gasteiger partial charge in [0.2, 0.25) is 0 Å². The zero-order valence-corrected chi connectivity index (χ0v) is 18.2. The van der Waals surface area contributed by atoms with Gasteiger partial charge in [-0.25, -0.2) is 8.78 Å². The van der Waals surface area contributed by atoms with Crippen molar-refractivity contribution in [3.63, 3.8) is 0 Å². The van der Waals surface area contributed by atoms with Crippen molar-refractivity contribution in [3.8, 4) is 10.4 Å². The highest BCUT2D eigenvalue weighted by Gasteiger charge is 2.21. The molecule has 3 aromatic carbocycles. The molecule has 0 radical (unpaired) electrons. The highest BCUT2D eigenvalue weighted by molar-refractivity contribution is 7.73. The average molecular weight is 471 g/mol. The summed E-state index contributed by atoms with van der Waals surface area (Å²) in [6, 6.07) is 17.7. The van der Waals surface area contributed by atoms with E-state index < -0.39 is 11.6 Å². The van der Waals surface area contributed by atoms with Gasteiger partial charge in [-0.2, -0.15) is 0 Å². The van der Waals surface area contributed by atoms with Gasteiger partial charge in [-0.15, -0.1) is 11.3 Å². The lowest BCUT2D eigenvalue weighted by Crippen LogP contribution is -2.24. The van der Waals surface area contributed by atoms with E-state index in [4.69, 9.17) is 23.8 Å². The number of fused-ring (bicyclic) bond motifs is 3. The Morgan fingerprint density at radius 3 is 2.42 bits per heavy atom. The molecule has 3 nitrogen and oxygen atoms in total. The van der Waals surface area contributed by atoms with Crippen molar-refractivity contribution in [3.05, 3.63) is 103 Å². The van der Waals surface area contributed by atoms with E-state index in [9.17, 15) is 13.6 Å². The zero-order chi connectivity index (χ0) is 21.7. The molecule has 0 aliphatic heterocycles. The van der Waals surface area contributed by atoms with Crippen LogP contribution in [0, 0.1) is 15.6 Å². The van der Waals surface area contributed by atoms with Crippen LogP contribution in [0.4, 0.5) is 8.78 Å². The van der Waals surface area contributed by atoms with Crippen molar-refractivity contribution in [2.24, 2.45) is 0 Å². The number of benzene rings is 3. The largest absolute Gasteiger partial charge is 0.288 e. The van der Waals surface area contributed by atoms with Crippen molar-refractivity contribution in [2.45, 2.75) is 6.54 Å². The summed E-state index contributed by atoms with van der Waals surface area (Å²) < 4.78 is 32.9. The van der Waals surface area contributed by atoms with E-state index >= 15 is 0 Å². The molecule has 0 aliphatic rings. The van der Waals surface area contributed by atoms with Gasteiger partial charge in [-0.3, -0.25) is 13.8 Å². The van der Waals surface area contributed by atoms with Gasteiger partial charge < -0.3 is 0 Å². The van der Waals surface area contributed by atoms with Crippen molar-refractivity contribution in [1.29, 1.82) is 0 Å². The summed E-state index contributed by atoms with van der Waals surface area (Å²) in [6.45, 7) is -0.119. The van der Waals surface area contributed by atoms with Crippen LogP contribution >= 0.6 is 35.2 Å². The van der Waals surface area contributed by atoms with Gasteiger partial charge in [0.1, 0.15) is 17.3 Å². The highest BCUT2D eigenvalue weighted by Crippen LogP contribution is 2.35. The summed E-state index contributed by atoms with van der Waals surface area (Å²) in [7, 11) is 0. The lowest BCUT2D eigenvalue weighted by atomic mass is 10.1. The third-order valence-electron chi connectivity index (χ3n) is 5.16. The quantitative estimate of drug-likeness (QED) is 0.274. The predicted molar refractivity (Wildman–Crippen MR) is 124 cm³/mol. The molecule has 2 heterocycles. The molecule has 0 bridgehead atoms. The number of halogens is 3. The van der Waals surface area contributed by atoms with Gasteiger partial charge in [0.05, 0.1) is 22.3 Å². The summed E-state index contributed by atoms with van der Waals surface area (Å²) in [6.07, 6.45) is 0. The van der Waals surface area contributed by atoms with E-state index in [1.54, 1.807) is 46.9 Å². The molecule has 0 amide bonds. The Morgan fingerprint density at radius 2 is 1.65 bits per heavy atom. The van der Waals surface area contributed by atoms with Crippen LogP contribution in [-0.2, 0) is 6.54 Å². The minimum Gasteiger partial charge on any atom is -0.288 e. The van der Waals surface area contributed by atoms with E-state index in [0.29, 0.717) is 30.9 Å². The van der Waals surface area contributed by atoms with Crippen LogP contribution in [0.5, 0.6) is 0 Å². The minimum absolute atomic E-state index is 0.119. The number of rotatable bonds is 3. The SMILES string of the molecule is O=c1c2ccccc2n2c(=S)sc(-c3ccccc3F)c2n1Cc1c(F)cccc1Cl. The maximum Gasteiger partial charge on any atom is 0.261 e. The van der Waals surface area contributed by atoms with Crippen molar-refractivity contribution >= 4 is 51.7 Å². The van der Waals surface area contributed by atoms with Crippen LogP contribution in [0.1, 0.15) is 5.56 Å². The Kier molecular flexibility index (Phi) is 4.97. The fourth-order valence-corrected chi connectivity index (χ4v) is 5.40. The Bertz CT molecular complexity index is 1580. The van der Waals surface area contributed by atoms with Gasteiger partial charge in [-0.1, -0.05) is 48.0 Å². The van der Waals surface area contributed by atoms with Crippen LogP contribution in [-0.4, -0.2) is 8.97 Å². The van der Waals surface area contributed by atoms with E-state index in [1.807, 2.05) is 6.07 Å². The number of hydrogen-bond acceptors (Lipinski definition) is 3. The van der Waals surface area contributed by atoms with Gasteiger partial charge in [0.25, 0.3) is 5.56 Å². The topological polar surface area (TPSA) is 26.4 Å². The first-order valence-electron chi connectivity index (χ1n) is 9.32. The Balaban J connectivity index is 1.96. The monoisotopic (exact) mass is 470 g/mol. The molecule has 0 atom stereocenters. The first kappa shape index (κ1) is 20.1. The normalized spacial score (nSPS) is 11.5. The number of para-hydroxylation sites is 1. The number of aromatic nitrogens is 2. The molecule has 0 saturated carbocycles. The molecule has 2 aromatic heterocycles. The van der Waals surface area contributed by atoms with Gasteiger partial charge in [-0.05, 0) is 42.5 Å². The predicted octanol–water partition coefficient (Wildman–Crippen LogP) is 6.69. The molecule has 0 spiro atoms. The smallest absolute Gasteiger partial charge is 0.261 e. The summed E-state index contributed by atoms with van der Waals surface area (Å²) >= 11 is 13.1. The van der Waals surface area contributed by atoms with E-state index in [2.05, 4.69) is 0 Å². The van der Waals surface area contributed by atoms with Crippen LogP contribution in [0.2, 0.25) is 5.02 Å². The molecule has 31 heavy (non-hydrogen) atoms. The Labute approximate surface area is 189 Å². The van der Waals surface area contributed by atoms with Crippen LogP contribution in [0.3, 0.4) is 0 Å². The number of nitrogens with zero attached hydrogens (tertiary/aromatic N) is 2. The standard InChI is InChI=1S/C23H13ClF2N2OS2/c24-16-8-5-10-18(26)15(16)12-27-21-20(13-6-1-3-9-17(13)25)31-23(30)28(21)19-11-4-2-7-14(19)22(27)29/h1-11H,12H2. The molecule has 0 N–H and O–H groups in total. The van der Waals surface area contributed by atoms with E-state index in [0.717, 1.165) is 0 Å². The second-order valence-corrected chi connectivity index (χ2v) is 9.00. The highest BCUT2D eigenvalue weighted by atomic mass is 35.5. The van der Waals surface area contributed by atoms with E-state index in [-0.39, 0.29) is 22.7 Å². The average Bonchev–Trinajstić information content (AvgIpc) is 3.10. The zero-order valence-electron chi connectivity index (χ0n) is 15.8. The van der Waals surface area contributed by atoms with Crippen LogP contribution < -0.4 is 5.56 Å². The molecule has 5 aromatic rings. The second kappa shape index (κ2) is 7.67. The summed E-state index contributed by atoms with van der Waals surface area (Å²) in [5.74, 6) is -0.954. The molecule has 0 saturated heterocycles. The first-order chi connectivity index (χ1) is 15.0. The maximum atomic E-state index is 14.7. The molecular formula is C23H13ClF2N2OS2. The number of thiazole rings is 1. The van der Waals surface area contributed by atoms with Gasteiger partial charge >= 0.3 is 0 Å². The molecule has 0 unspecified atom stereocenters. The summed E-state index contributed by atoms with van der Waals surface area (Å²) in [5, 5.41) is 0.635. The number of hydrogen-bond donors (Lipinski definition) is 0. The van der Waals surface area contributed by atoms with Crippen molar-refractivity contribution in [2.75, 3.05) is 0 Å². The Morgan fingerprint density at radius 1 is 0.935 bits per heavy atom. The fraction of sp³-hybridized carbons (Fsp3) is 0.0435. The molecular weight excluding hydrogens is 458 g/mol. The van der Waals surface area contributed by atoms with Gasteiger partial charge in [0, 0.05) is 16.1 Å². The summed E-state index contributed by atoms with van der Waals surface area (Å²) in [5.41, 5.74) is 1.19. The molecule has 0 aliphatic carbocycles. The van der Waals surface area contributed by atoms with Crippen molar-refractivity contribution in [1.82, 2.24) is 8.97 Å². The van der Waals surface area contributed by atoms with E-state index in [1.165, 1.54) is 34.1 Å². The maximum absolute atomic E-state index is 14.7. The van der Waals surface area contributed by atoms with Gasteiger partial charge in [0.15, 0.2) is 3.95 Å².